The fraction of sp³-hybridized carbons (Fsp3) is 0.909. The van der Waals surface area contributed by atoms with Crippen LogP contribution in [0.3, 0.4) is 0 Å². The summed E-state index contributed by atoms with van der Waals surface area (Å²) in [7, 11) is 0. The highest BCUT2D eigenvalue weighted by Crippen LogP contribution is 2.10. The monoisotopic (exact) mass is 214 g/mol. The normalized spacial score (nSPS) is 28.7. The second-order valence-electron chi connectivity index (χ2n) is 4.42. The van der Waals surface area contributed by atoms with Crippen molar-refractivity contribution in [3.8, 4) is 0 Å². The third-order valence-corrected chi connectivity index (χ3v) is 2.69. The van der Waals surface area contributed by atoms with Gasteiger partial charge >= 0.3 is 6.03 Å². The van der Waals surface area contributed by atoms with Crippen molar-refractivity contribution in [2.45, 2.75) is 52.4 Å². The molecule has 0 aromatic heterocycles. The predicted octanol–water partition coefficient (Wildman–Crippen LogP) is 1.60. The van der Waals surface area contributed by atoms with E-state index in [1.54, 1.807) is 0 Å². The number of hydrogen-bond acceptors (Lipinski definition) is 2. The van der Waals surface area contributed by atoms with Gasteiger partial charge in [-0.25, -0.2) is 4.79 Å². The molecular formula is C11H22N2O2. The third kappa shape index (κ3) is 3.70. The Balaban J connectivity index is 2.44. The van der Waals surface area contributed by atoms with Crippen molar-refractivity contribution in [1.82, 2.24) is 10.2 Å². The molecular weight excluding hydrogens is 192 g/mol. The second kappa shape index (κ2) is 5.35. The topological polar surface area (TPSA) is 41.6 Å². The first kappa shape index (κ1) is 12.3. The van der Waals surface area contributed by atoms with Gasteiger partial charge in [-0.3, -0.25) is 0 Å². The summed E-state index contributed by atoms with van der Waals surface area (Å²) < 4.78 is 5.58. The Hall–Kier alpha value is -0.770. The van der Waals surface area contributed by atoms with Gasteiger partial charge in [-0.15, -0.1) is 0 Å². The van der Waals surface area contributed by atoms with E-state index in [0.29, 0.717) is 13.1 Å². The maximum Gasteiger partial charge on any atom is 0.317 e. The highest BCUT2D eigenvalue weighted by atomic mass is 16.5. The van der Waals surface area contributed by atoms with Gasteiger partial charge in [0.25, 0.3) is 0 Å². The lowest BCUT2D eigenvalue weighted by Gasteiger charge is -2.35. The summed E-state index contributed by atoms with van der Waals surface area (Å²) in [4.78, 5) is 13.7. The largest absolute Gasteiger partial charge is 0.372 e. The van der Waals surface area contributed by atoms with Crippen LogP contribution in [0.4, 0.5) is 4.79 Å². The molecule has 0 spiro atoms. The molecule has 1 rings (SSSR count). The highest BCUT2D eigenvalue weighted by molar-refractivity contribution is 5.74. The molecule has 2 amide bonds. The van der Waals surface area contributed by atoms with Crippen molar-refractivity contribution in [3.05, 3.63) is 0 Å². The van der Waals surface area contributed by atoms with Crippen LogP contribution >= 0.6 is 0 Å². The van der Waals surface area contributed by atoms with Crippen molar-refractivity contribution in [1.29, 1.82) is 0 Å². The summed E-state index contributed by atoms with van der Waals surface area (Å²) in [6.07, 6.45) is 1.23. The lowest BCUT2D eigenvalue weighted by atomic mass is 10.2. The number of amides is 2. The molecule has 88 valence electrons. The Morgan fingerprint density at radius 2 is 2.00 bits per heavy atom. The van der Waals surface area contributed by atoms with Crippen molar-refractivity contribution in [2.24, 2.45) is 0 Å². The van der Waals surface area contributed by atoms with Crippen molar-refractivity contribution < 1.29 is 9.53 Å². The van der Waals surface area contributed by atoms with Crippen LogP contribution in [-0.4, -0.2) is 42.3 Å². The summed E-state index contributed by atoms with van der Waals surface area (Å²) in [6.45, 7) is 9.46. The molecule has 1 aliphatic rings. The lowest BCUT2D eigenvalue weighted by molar-refractivity contribution is -0.0547. The second-order valence-corrected chi connectivity index (χ2v) is 4.42. The first-order chi connectivity index (χ1) is 7.02. The van der Waals surface area contributed by atoms with Gasteiger partial charge in [-0.05, 0) is 27.2 Å². The van der Waals surface area contributed by atoms with Crippen LogP contribution in [0.1, 0.15) is 34.1 Å². The first-order valence-corrected chi connectivity index (χ1v) is 5.73. The van der Waals surface area contributed by atoms with Crippen LogP contribution in [0.5, 0.6) is 0 Å². The number of morpholine rings is 1. The summed E-state index contributed by atoms with van der Waals surface area (Å²) in [6, 6.07) is 0.275. The SMILES string of the molecule is CC[C@@H](C)NC(=O)N1C[C@H](C)O[C@@H](C)C1. The summed E-state index contributed by atoms with van der Waals surface area (Å²) in [5.74, 6) is 0. The van der Waals surface area contributed by atoms with E-state index in [2.05, 4.69) is 12.2 Å². The minimum Gasteiger partial charge on any atom is -0.372 e. The van der Waals surface area contributed by atoms with Crippen LogP contribution in [0, 0.1) is 0 Å². The Kier molecular flexibility index (Phi) is 4.39. The number of carbonyl (C=O) groups excluding carboxylic acids is 1. The highest BCUT2D eigenvalue weighted by Gasteiger charge is 2.26. The van der Waals surface area contributed by atoms with E-state index in [4.69, 9.17) is 4.74 Å². The van der Waals surface area contributed by atoms with Crippen LogP contribution in [0.2, 0.25) is 0 Å². The van der Waals surface area contributed by atoms with E-state index in [1.807, 2.05) is 25.7 Å². The minimum absolute atomic E-state index is 0.0337. The maximum absolute atomic E-state index is 11.8. The van der Waals surface area contributed by atoms with Crippen molar-refractivity contribution in [3.63, 3.8) is 0 Å². The maximum atomic E-state index is 11.8. The molecule has 0 bridgehead atoms. The third-order valence-electron chi connectivity index (χ3n) is 2.69. The van der Waals surface area contributed by atoms with Gasteiger partial charge < -0.3 is 15.0 Å². The Morgan fingerprint density at radius 1 is 1.47 bits per heavy atom. The summed E-state index contributed by atoms with van der Waals surface area (Å²) in [5, 5.41) is 2.97. The molecule has 1 fully saturated rings. The van der Waals surface area contributed by atoms with Gasteiger partial charge in [0.15, 0.2) is 0 Å². The first-order valence-electron chi connectivity index (χ1n) is 5.73. The number of ether oxygens (including phenoxy) is 1. The summed E-state index contributed by atoms with van der Waals surface area (Å²) in [5.41, 5.74) is 0. The number of nitrogens with one attached hydrogen (secondary N) is 1. The number of urea groups is 1. The average molecular weight is 214 g/mol. The standard InChI is InChI=1S/C11H22N2O2/c1-5-8(2)12-11(14)13-6-9(3)15-10(4)7-13/h8-10H,5-7H2,1-4H3,(H,12,14)/t8-,9+,10+/m1/s1. The van der Waals surface area contributed by atoms with E-state index in [1.165, 1.54) is 0 Å². The van der Waals surface area contributed by atoms with E-state index in [0.717, 1.165) is 6.42 Å². The fourth-order valence-electron chi connectivity index (χ4n) is 1.75. The van der Waals surface area contributed by atoms with E-state index < -0.39 is 0 Å². The van der Waals surface area contributed by atoms with Crippen LogP contribution in [0.25, 0.3) is 0 Å². The molecule has 4 nitrogen and oxygen atoms in total. The molecule has 0 radical (unpaired) electrons. The molecule has 0 aromatic rings. The average Bonchev–Trinajstić information content (AvgIpc) is 2.16. The zero-order valence-corrected chi connectivity index (χ0v) is 10.1. The Morgan fingerprint density at radius 3 is 2.47 bits per heavy atom. The molecule has 1 saturated heterocycles. The smallest absolute Gasteiger partial charge is 0.317 e. The van der Waals surface area contributed by atoms with Gasteiger partial charge in [0.1, 0.15) is 0 Å². The van der Waals surface area contributed by atoms with Gasteiger partial charge in [0.05, 0.1) is 12.2 Å². The molecule has 15 heavy (non-hydrogen) atoms. The van der Waals surface area contributed by atoms with Crippen molar-refractivity contribution >= 4 is 6.03 Å². The molecule has 3 atom stereocenters. The molecule has 1 aliphatic heterocycles. The molecule has 4 heteroatoms. The molecule has 0 unspecified atom stereocenters. The predicted molar refractivity (Wildman–Crippen MR) is 59.9 cm³/mol. The lowest BCUT2D eigenvalue weighted by Crippen LogP contribution is -2.53. The summed E-state index contributed by atoms with van der Waals surface area (Å²) >= 11 is 0. The van der Waals surface area contributed by atoms with Crippen molar-refractivity contribution in [2.75, 3.05) is 13.1 Å². The molecule has 0 aliphatic carbocycles. The van der Waals surface area contributed by atoms with Crippen LogP contribution in [-0.2, 0) is 4.74 Å². The van der Waals surface area contributed by atoms with Crippen LogP contribution in [0.15, 0.2) is 0 Å². The van der Waals surface area contributed by atoms with E-state index in [-0.39, 0.29) is 24.3 Å². The Labute approximate surface area is 92.0 Å². The van der Waals surface area contributed by atoms with Gasteiger partial charge in [0.2, 0.25) is 0 Å². The van der Waals surface area contributed by atoms with E-state index in [9.17, 15) is 4.79 Å². The van der Waals surface area contributed by atoms with E-state index >= 15 is 0 Å². The quantitative estimate of drug-likeness (QED) is 0.758. The zero-order valence-electron chi connectivity index (χ0n) is 10.1. The van der Waals surface area contributed by atoms with Gasteiger partial charge in [-0.2, -0.15) is 0 Å². The molecule has 0 aromatic carbocycles. The van der Waals surface area contributed by atoms with Crippen LogP contribution < -0.4 is 5.32 Å². The molecule has 1 heterocycles. The van der Waals surface area contributed by atoms with Gasteiger partial charge in [0, 0.05) is 19.1 Å². The Bertz CT molecular complexity index is 211. The number of hydrogen-bond donors (Lipinski definition) is 1. The number of nitrogens with zero attached hydrogens (tertiary/aromatic N) is 1. The fourth-order valence-corrected chi connectivity index (χ4v) is 1.75. The number of carbonyl (C=O) groups is 1. The number of rotatable bonds is 2. The zero-order chi connectivity index (χ0) is 11.4. The molecule has 0 saturated carbocycles. The molecule has 1 N–H and O–H groups in total. The minimum atomic E-state index is 0.0337. The van der Waals surface area contributed by atoms with Gasteiger partial charge in [-0.1, -0.05) is 6.92 Å².